The Morgan fingerprint density at radius 3 is 2.85 bits per heavy atom. The summed E-state index contributed by atoms with van der Waals surface area (Å²) in [5.41, 5.74) is 2.02. The van der Waals surface area contributed by atoms with E-state index in [9.17, 15) is 9.90 Å². The van der Waals surface area contributed by atoms with E-state index in [1.807, 2.05) is 30.3 Å². The number of carbonyl (C=O) groups excluding carboxylic acids is 1. The fourth-order valence-corrected chi connectivity index (χ4v) is 3.72. The number of para-hydroxylation sites is 1. The van der Waals surface area contributed by atoms with Crippen LogP contribution >= 0.6 is 11.6 Å². The molecule has 0 radical (unpaired) electrons. The number of aliphatic hydroxyl groups excluding tert-OH is 1. The van der Waals surface area contributed by atoms with Crippen molar-refractivity contribution in [2.24, 2.45) is 13.0 Å². The van der Waals surface area contributed by atoms with Gasteiger partial charge in [0.1, 0.15) is 0 Å². The van der Waals surface area contributed by atoms with Crippen LogP contribution in [-0.2, 0) is 7.05 Å². The number of carbonyl (C=O) groups is 1. The highest BCUT2D eigenvalue weighted by molar-refractivity contribution is 6.33. The first-order chi connectivity index (χ1) is 12.5. The van der Waals surface area contributed by atoms with Crippen molar-refractivity contribution in [2.75, 3.05) is 0 Å². The van der Waals surface area contributed by atoms with Crippen LogP contribution < -0.4 is 5.32 Å². The molecule has 6 nitrogen and oxygen atoms in total. The zero-order valence-electron chi connectivity index (χ0n) is 14.3. The van der Waals surface area contributed by atoms with Gasteiger partial charge in [0, 0.05) is 24.8 Å². The van der Waals surface area contributed by atoms with Crippen LogP contribution in [0, 0.1) is 5.92 Å². The molecule has 4 rings (SSSR count). The van der Waals surface area contributed by atoms with Crippen molar-refractivity contribution in [1.82, 2.24) is 20.1 Å². The third-order valence-electron chi connectivity index (χ3n) is 4.88. The van der Waals surface area contributed by atoms with Crippen LogP contribution in [0.1, 0.15) is 34.9 Å². The number of rotatable bonds is 4. The van der Waals surface area contributed by atoms with Crippen LogP contribution in [0.5, 0.6) is 0 Å². The molecule has 2 aromatic heterocycles. The third-order valence-corrected chi connectivity index (χ3v) is 5.15. The Bertz CT molecular complexity index is 965. The fraction of sp³-hybridized carbons (Fsp3) is 0.316. The van der Waals surface area contributed by atoms with E-state index in [-0.39, 0.29) is 29.7 Å². The van der Waals surface area contributed by atoms with E-state index in [4.69, 9.17) is 11.6 Å². The molecule has 134 valence electrons. The fourth-order valence-electron chi connectivity index (χ4n) is 3.46. The highest BCUT2D eigenvalue weighted by Crippen LogP contribution is 2.38. The minimum Gasteiger partial charge on any atom is -0.393 e. The van der Waals surface area contributed by atoms with Gasteiger partial charge < -0.3 is 10.4 Å². The van der Waals surface area contributed by atoms with Crippen molar-refractivity contribution < 1.29 is 9.90 Å². The predicted octanol–water partition coefficient (Wildman–Crippen LogP) is 2.86. The molecular formula is C19H19ClN4O2. The van der Waals surface area contributed by atoms with Gasteiger partial charge in [0.25, 0.3) is 5.91 Å². The lowest BCUT2D eigenvalue weighted by molar-refractivity contribution is 0.0234. The van der Waals surface area contributed by atoms with Gasteiger partial charge in [-0.1, -0.05) is 29.8 Å². The lowest BCUT2D eigenvalue weighted by atomic mass is 9.75. The van der Waals surface area contributed by atoms with Crippen molar-refractivity contribution in [3.05, 3.63) is 59.0 Å². The van der Waals surface area contributed by atoms with Crippen LogP contribution in [-0.4, -0.2) is 31.9 Å². The van der Waals surface area contributed by atoms with Crippen LogP contribution in [0.3, 0.4) is 0 Å². The summed E-state index contributed by atoms with van der Waals surface area (Å²) >= 11 is 6.10. The Kier molecular flexibility index (Phi) is 4.38. The Balaban J connectivity index is 1.65. The molecule has 0 aliphatic heterocycles. The van der Waals surface area contributed by atoms with Crippen molar-refractivity contribution in [3.63, 3.8) is 0 Å². The second kappa shape index (κ2) is 6.70. The molecule has 1 atom stereocenters. The zero-order valence-corrected chi connectivity index (χ0v) is 15.0. The first-order valence-corrected chi connectivity index (χ1v) is 8.92. The molecule has 1 aliphatic rings. The number of amides is 1. The summed E-state index contributed by atoms with van der Waals surface area (Å²) in [7, 11) is 1.72. The molecule has 1 amide bonds. The number of fused-ring (bicyclic) bond motifs is 1. The molecule has 0 spiro atoms. The van der Waals surface area contributed by atoms with Crippen molar-refractivity contribution in [2.45, 2.75) is 25.0 Å². The minimum absolute atomic E-state index is 0.152. The molecule has 0 unspecified atom stereocenters. The Hall–Kier alpha value is -2.44. The van der Waals surface area contributed by atoms with Crippen molar-refractivity contribution in [3.8, 4) is 0 Å². The first-order valence-electron chi connectivity index (χ1n) is 8.54. The number of nitrogens with one attached hydrogen (secondary N) is 1. The van der Waals surface area contributed by atoms with E-state index >= 15 is 0 Å². The summed E-state index contributed by atoms with van der Waals surface area (Å²) in [5, 5.41) is 18.2. The zero-order chi connectivity index (χ0) is 18.3. The Morgan fingerprint density at radius 1 is 1.38 bits per heavy atom. The molecule has 1 saturated carbocycles. The highest BCUT2D eigenvalue weighted by Gasteiger charge is 2.36. The molecule has 0 bridgehead atoms. The van der Waals surface area contributed by atoms with Gasteiger partial charge in [-0.2, -0.15) is 5.10 Å². The van der Waals surface area contributed by atoms with Gasteiger partial charge in [-0.25, -0.2) is 0 Å². The van der Waals surface area contributed by atoms with E-state index in [1.165, 1.54) is 4.68 Å². The summed E-state index contributed by atoms with van der Waals surface area (Å²) in [4.78, 5) is 17.2. The largest absolute Gasteiger partial charge is 0.393 e. The molecule has 3 aromatic rings. The minimum atomic E-state index is -0.324. The summed E-state index contributed by atoms with van der Waals surface area (Å²) in [5.74, 6) is -0.172. The van der Waals surface area contributed by atoms with E-state index in [0.29, 0.717) is 17.9 Å². The average Bonchev–Trinajstić information content (AvgIpc) is 2.95. The first kappa shape index (κ1) is 17.0. The third kappa shape index (κ3) is 3.18. The number of nitrogens with zero attached hydrogens (tertiary/aromatic N) is 3. The summed E-state index contributed by atoms with van der Waals surface area (Å²) in [6.45, 7) is 0. The topological polar surface area (TPSA) is 80.0 Å². The van der Waals surface area contributed by atoms with Crippen molar-refractivity contribution in [1.29, 1.82) is 0 Å². The molecule has 7 heteroatoms. The van der Waals surface area contributed by atoms with Crippen LogP contribution in [0.25, 0.3) is 10.9 Å². The molecule has 1 fully saturated rings. The molecule has 1 aromatic carbocycles. The molecular weight excluding hydrogens is 352 g/mol. The van der Waals surface area contributed by atoms with E-state index in [2.05, 4.69) is 15.4 Å². The normalized spacial score (nSPS) is 20.6. The van der Waals surface area contributed by atoms with Gasteiger partial charge in [0.05, 0.1) is 22.7 Å². The number of aliphatic hydroxyl groups is 1. The van der Waals surface area contributed by atoms with Gasteiger partial charge in [0.15, 0.2) is 5.69 Å². The predicted molar refractivity (Wildman–Crippen MR) is 98.9 cm³/mol. The molecule has 26 heavy (non-hydrogen) atoms. The Labute approximate surface area is 155 Å². The van der Waals surface area contributed by atoms with E-state index < -0.39 is 0 Å². The van der Waals surface area contributed by atoms with E-state index in [1.54, 1.807) is 19.4 Å². The van der Waals surface area contributed by atoms with Gasteiger partial charge >= 0.3 is 0 Å². The summed E-state index contributed by atoms with van der Waals surface area (Å²) in [6.07, 6.45) is 4.36. The smallest absolute Gasteiger partial charge is 0.273 e. The van der Waals surface area contributed by atoms with Crippen LogP contribution in [0.15, 0.2) is 42.7 Å². The van der Waals surface area contributed by atoms with Crippen LogP contribution in [0.4, 0.5) is 0 Å². The van der Waals surface area contributed by atoms with Crippen molar-refractivity contribution >= 4 is 28.4 Å². The number of halogens is 1. The quantitative estimate of drug-likeness (QED) is 0.740. The SMILES string of the molecule is Cn1cc(Cl)c(C(=O)N[C@H](c2cnc3ccccc3c2)C2CC(O)C2)n1. The lowest BCUT2D eigenvalue weighted by Crippen LogP contribution is -2.41. The van der Waals surface area contributed by atoms with Gasteiger partial charge in [0.2, 0.25) is 0 Å². The highest BCUT2D eigenvalue weighted by atomic mass is 35.5. The summed E-state index contributed by atoms with van der Waals surface area (Å²) in [6, 6.07) is 9.64. The average molecular weight is 371 g/mol. The van der Waals surface area contributed by atoms with Gasteiger partial charge in [-0.15, -0.1) is 0 Å². The number of aromatic nitrogens is 3. The van der Waals surface area contributed by atoms with Gasteiger partial charge in [-0.3, -0.25) is 14.5 Å². The number of hydrogen-bond acceptors (Lipinski definition) is 4. The monoisotopic (exact) mass is 370 g/mol. The molecule has 0 saturated heterocycles. The number of pyridine rings is 1. The molecule has 2 heterocycles. The van der Waals surface area contributed by atoms with Crippen LogP contribution in [0.2, 0.25) is 5.02 Å². The standard InChI is InChI=1S/C19H19ClN4O2/c1-24-10-15(20)18(23-24)19(26)22-17(12-7-14(25)8-12)13-6-11-4-2-3-5-16(11)21-9-13/h2-6,9-10,12,14,17,25H,7-8H2,1H3,(H,22,26)/t12?,14?,17-/m0/s1. The maximum Gasteiger partial charge on any atom is 0.273 e. The second-order valence-electron chi connectivity index (χ2n) is 6.80. The molecule has 2 N–H and O–H groups in total. The van der Waals surface area contributed by atoms with E-state index in [0.717, 1.165) is 16.5 Å². The number of aryl methyl sites for hydroxylation is 1. The number of hydrogen-bond donors (Lipinski definition) is 2. The number of benzene rings is 1. The van der Waals surface area contributed by atoms with Gasteiger partial charge in [-0.05, 0) is 36.5 Å². The maximum atomic E-state index is 12.7. The maximum absolute atomic E-state index is 12.7. The molecule has 1 aliphatic carbocycles. The second-order valence-corrected chi connectivity index (χ2v) is 7.20. The summed E-state index contributed by atoms with van der Waals surface area (Å²) < 4.78 is 1.51. The lowest BCUT2D eigenvalue weighted by Gasteiger charge is -2.38. The Morgan fingerprint density at radius 2 is 2.15 bits per heavy atom.